The first-order valence-electron chi connectivity index (χ1n) is 12.1. The van der Waals surface area contributed by atoms with E-state index in [4.69, 9.17) is 16.3 Å². The fourth-order valence-electron chi connectivity index (χ4n) is 3.74. The number of aromatic nitrogens is 2. The maximum atomic E-state index is 13.9. The molecule has 4 aromatic carbocycles. The number of amides is 4. The summed E-state index contributed by atoms with van der Waals surface area (Å²) in [5.74, 6) is 0.0392. The summed E-state index contributed by atoms with van der Waals surface area (Å²) in [6.07, 6.45) is -4.69. The van der Waals surface area contributed by atoms with Gasteiger partial charge in [0.15, 0.2) is 0 Å². The number of aromatic amines is 1. The van der Waals surface area contributed by atoms with Crippen LogP contribution in [0.25, 0.3) is 11.0 Å². The van der Waals surface area contributed by atoms with E-state index in [-0.39, 0.29) is 11.6 Å². The summed E-state index contributed by atoms with van der Waals surface area (Å²) in [6.45, 7) is 0. The number of nitrogens with one attached hydrogen (secondary N) is 5. The van der Waals surface area contributed by atoms with E-state index in [9.17, 15) is 27.2 Å². The Kier molecular flexibility index (Phi) is 7.84. The number of nitrogens with zero attached hydrogens (tertiary/aromatic N) is 1. The topological polar surface area (TPSA) is 120 Å². The molecule has 5 aromatic rings. The van der Waals surface area contributed by atoms with Gasteiger partial charge in [0.05, 0.1) is 22.3 Å². The van der Waals surface area contributed by atoms with Crippen molar-refractivity contribution in [1.29, 1.82) is 0 Å². The van der Waals surface area contributed by atoms with E-state index < -0.39 is 35.3 Å². The van der Waals surface area contributed by atoms with Crippen LogP contribution in [-0.2, 0) is 6.18 Å². The Hall–Kier alpha value is -5.30. The molecule has 0 atom stereocenters. The Morgan fingerprint density at radius 1 is 0.762 bits per heavy atom. The number of fused-ring (bicyclic) bond motifs is 1. The fourth-order valence-corrected chi connectivity index (χ4v) is 3.86. The van der Waals surface area contributed by atoms with Crippen molar-refractivity contribution in [3.8, 4) is 11.5 Å². The second-order valence-corrected chi connectivity index (χ2v) is 9.18. The van der Waals surface area contributed by atoms with Crippen LogP contribution in [0.3, 0.4) is 0 Å². The predicted molar refractivity (Wildman–Crippen MR) is 151 cm³/mol. The molecule has 0 saturated carbocycles. The number of carbonyl (C=O) groups excluding carboxylic acids is 2. The first-order chi connectivity index (χ1) is 20.0. The normalized spacial score (nSPS) is 11.2. The highest BCUT2D eigenvalue weighted by Crippen LogP contribution is 2.32. The number of ether oxygens (including phenoxy) is 1. The SMILES string of the molecule is O=C(Nc1ccc(Cl)cc1)Nc1nc2cc(Oc3ccc(NC(=O)Nc4cc(C(F)(F)F)ccc4F)cc3)ccc2[nH]1. The predicted octanol–water partition coefficient (Wildman–Crippen LogP) is 8.45. The van der Waals surface area contributed by atoms with Gasteiger partial charge in [-0.25, -0.2) is 19.0 Å². The Balaban J connectivity index is 1.18. The van der Waals surface area contributed by atoms with Gasteiger partial charge >= 0.3 is 18.2 Å². The van der Waals surface area contributed by atoms with Gasteiger partial charge in [-0.15, -0.1) is 0 Å². The molecule has 4 amide bonds. The van der Waals surface area contributed by atoms with Crippen LogP contribution in [0.2, 0.25) is 5.02 Å². The third-order valence-corrected chi connectivity index (χ3v) is 5.93. The van der Waals surface area contributed by atoms with Gasteiger partial charge < -0.3 is 25.7 Å². The summed E-state index contributed by atoms with van der Waals surface area (Å²) in [4.78, 5) is 31.8. The van der Waals surface area contributed by atoms with Crippen LogP contribution in [-0.4, -0.2) is 22.0 Å². The van der Waals surface area contributed by atoms with E-state index in [1.54, 1.807) is 54.6 Å². The average Bonchev–Trinajstić information content (AvgIpc) is 3.33. The minimum absolute atomic E-state index is 0.215. The molecular formula is C28H19ClF4N6O3. The molecular weight excluding hydrogens is 580 g/mol. The number of benzene rings is 4. The number of hydrogen-bond donors (Lipinski definition) is 5. The smallest absolute Gasteiger partial charge is 0.416 e. The molecule has 42 heavy (non-hydrogen) atoms. The van der Waals surface area contributed by atoms with Crippen LogP contribution in [0.4, 0.5) is 50.2 Å². The van der Waals surface area contributed by atoms with E-state index in [0.29, 0.717) is 51.4 Å². The van der Waals surface area contributed by atoms with Crippen LogP contribution in [0.1, 0.15) is 5.56 Å². The van der Waals surface area contributed by atoms with Crippen LogP contribution in [0, 0.1) is 5.82 Å². The van der Waals surface area contributed by atoms with Gasteiger partial charge in [0.1, 0.15) is 17.3 Å². The quantitative estimate of drug-likeness (QED) is 0.126. The van der Waals surface area contributed by atoms with Crippen molar-refractivity contribution in [2.75, 3.05) is 21.3 Å². The van der Waals surface area contributed by atoms with Crippen LogP contribution in [0.5, 0.6) is 11.5 Å². The van der Waals surface area contributed by atoms with Gasteiger partial charge in [-0.2, -0.15) is 13.2 Å². The van der Waals surface area contributed by atoms with Gasteiger partial charge in [0.2, 0.25) is 5.95 Å². The summed E-state index contributed by atoms with van der Waals surface area (Å²) in [5, 5.41) is 10.3. The molecule has 1 aromatic heterocycles. The summed E-state index contributed by atoms with van der Waals surface area (Å²) in [5.41, 5.74) is 0.285. The molecule has 0 spiro atoms. The highest BCUT2D eigenvalue weighted by atomic mass is 35.5. The second kappa shape index (κ2) is 11.7. The van der Waals surface area contributed by atoms with E-state index in [0.717, 1.165) is 0 Å². The van der Waals surface area contributed by atoms with E-state index >= 15 is 0 Å². The van der Waals surface area contributed by atoms with Gasteiger partial charge in [0.25, 0.3) is 0 Å². The fraction of sp³-hybridized carbons (Fsp3) is 0.0357. The number of hydrogen-bond acceptors (Lipinski definition) is 4. The maximum Gasteiger partial charge on any atom is 0.416 e. The standard InChI is InChI=1S/C28H19ClF4N6O3/c29-16-2-4-17(5-3-16)35-27(41)39-25-36-22-12-10-20(14-24(22)37-25)42-19-8-6-18(7-9-19)34-26(40)38-23-13-15(28(31,32)33)1-11-21(23)30/h1-14H,(H2,34,38,40)(H3,35,36,37,39,41). The largest absolute Gasteiger partial charge is 0.457 e. The van der Waals surface area contributed by atoms with Crippen molar-refractivity contribution in [2.24, 2.45) is 0 Å². The Morgan fingerprint density at radius 2 is 1.38 bits per heavy atom. The van der Waals surface area contributed by atoms with E-state index in [2.05, 4.69) is 31.2 Å². The Bertz CT molecular complexity index is 1760. The van der Waals surface area contributed by atoms with Crippen molar-refractivity contribution >= 4 is 57.7 Å². The number of H-pyrrole nitrogens is 1. The molecule has 0 aliphatic carbocycles. The van der Waals surface area contributed by atoms with Crippen LogP contribution in [0.15, 0.2) is 84.9 Å². The summed E-state index contributed by atoms with van der Waals surface area (Å²) in [7, 11) is 0. The van der Waals surface area contributed by atoms with Crippen molar-refractivity contribution in [3.05, 3.63) is 101 Å². The lowest BCUT2D eigenvalue weighted by atomic mass is 10.2. The van der Waals surface area contributed by atoms with E-state index in [1.165, 1.54) is 12.1 Å². The van der Waals surface area contributed by atoms with Crippen molar-refractivity contribution < 1.29 is 31.9 Å². The highest BCUT2D eigenvalue weighted by molar-refractivity contribution is 6.30. The van der Waals surface area contributed by atoms with Crippen LogP contribution >= 0.6 is 11.6 Å². The zero-order chi connectivity index (χ0) is 29.9. The Morgan fingerprint density at radius 3 is 2.05 bits per heavy atom. The van der Waals surface area contributed by atoms with Crippen molar-refractivity contribution in [2.45, 2.75) is 6.18 Å². The molecule has 5 N–H and O–H groups in total. The minimum Gasteiger partial charge on any atom is -0.457 e. The molecule has 0 aliphatic heterocycles. The van der Waals surface area contributed by atoms with Gasteiger partial charge in [0, 0.05) is 22.5 Å². The zero-order valence-electron chi connectivity index (χ0n) is 21.1. The van der Waals surface area contributed by atoms with Gasteiger partial charge in [-0.1, -0.05) is 11.6 Å². The number of urea groups is 2. The lowest BCUT2D eigenvalue weighted by molar-refractivity contribution is -0.137. The number of rotatable bonds is 6. The van der Waals surface area contributed by atoms with Gasteiger partial charge in [-0.05, 0) is 78.9 Å². The van der Waals surface area contributed by atoms with Gasteiger partial charge in [-0.3, -0.25) is 5.32 Å². The first-order valence-corrected chi connectivity index (χ1v) is 12.5. The molecule has 0 aliphatic rings. The Labute approximate surface area is 239 Å². The average molecular weight is 599 g/mol. The minimum atomic E-state index is -4.69. The maximum absolute atomic E-state index is 13.9. The molecule has 14 heteroatoms. The molecule has 214 valence electrons. The number of carbonyl (C=O) groups is 2. The molecule has 1 heterocycles. The van der Waals surface area contributed by atoms with Crippen molar-refractivity contribution in [3.63, 3.8) is 0 Å². The number of anilines is 4. The summed E-state index contributed by atoms with van der Waals surface area (Å²) >= 11 is 5.85. The lowest BCUT2D eigenvalue weighted by Crippen LogP contribution is -2.20. The molecule has 0 bridgehead atoms. The number of halogens is 5. The second-order valence-electron chi connectivity index (χ2n) is 8.75. The summed E-state index contributed by atoms with van der Waals surface area (Å²) in [6, 6.07) is 18.0. The summed E-state index contributed by atoms with van der Waals surface area (Å²) < 4.78 is 58.4. The monoisotopic (exact) mass is 598 g/mol. The zero-order valence-corrected chi connectivity index (χ0v) is 21.9. The lowest BCUT2D eigenvalue weighted by Gasteiger charge is -2.12. The number of imidazole rings is 1. The molecule has 5 rings (SSSR count). The molecule has 0 unspecified atom stereocenters. The molecule has 0 fully saturated rings. The number of alkyl halides is 3. The third-order valence-electron chi connectivity index (χ3n) is 5.68. The molecule has 0 saturated heterocycles. The molecule has 9 nitrogen and oxygen atoms in total. The van der Waals surface area contributed by atoms with Crippen LogP contribution < -0.4 is 26.0 Å². The third kappa shape index (κ3) is 7.06. The molecule has 0 radical (unpaired) electrons. The highest BCUT2D eigenvalue weighted by Gasteiger charge is 2.31. The first kappa shape index (κ1) is 28.2. The van der Waals surface area contributed by atoms with E-state index in [1.807, 2.05) is 0 Å². The van der Waals surface area contributed by atoms with Crippen molar-refractivity contribution in [1.82, 2.24) is 9.97 Å².